The molecule has 4 heteroatoms. The van der Waals surface area contributed by atoms with Crippen molar-refractivity contribution in [2.24, 2.45) is 0 Å². The second-order valence-corrected chi connectivity index (χ2v) is 4.88. The average Bonchev–Trinajstić information content (AvgIpc) is 2.44. The van der Waals surface area contributed by atoms with Crippen LogP contribution in [0.4, 0.5) is 0 Å². The number of ether oxygens (including phenoxy) is 1. The quantitative estimate of drug-likeness (QED) is 0.818. The number of pyridine rings is 2. The first-order valence-corrected chi connectivity index (χ1v) is 6.96. The van der Waals surface area contributed by atoms with Crippen molar-refractivity contribution in [1.29, 1.82) is 0 Å². The first kappa shape index (κ1) is 14.5. The number of nitrogens with one attached hydrogen (secondary N) is 1. The monoisotopic (exact) mass is 271 g/mol. The van der Waals surface area contributed by atoms with Crippen LogP contribution in [0.1, 0.15) is 30.2 Å². The lowest BCUT2D eigenvalue weighted by Crippen LogP contribution is -2.14. The summed E-state index contributed by atoms with van der Waals surface area (Å²) in [6, 6.07) is 5.93. The molecular formula is C16H21N3O. The Kier molecular flexibility index (Phi) is 5.07. The molecule has 0 spiro atoms. The Hall–Kier alpha value is -1.94. The second kappa shape index (κ2) is 7.01. The van der Waals surface area contributed by atoms with Crippen molar-refractivity contribution in [2.45, 2.75) is 33.7 Å². The van der Waals surface area contributed by atoms with E-state index in [1.807, 2.05) is 32.2 Å². The highest BCUT2D eigenvalue weighted by Crippen LogP contribution is 2.22. The number of hydrogen-bond acceptors (Lipinski definition) is 4. The molecule has 0 atom stereocenters. The van der Waals surface area contributed by atoms with Crippen LogP contribution >= 0.6 is 0 Å². The number of aromatic nitrogens is 2. The summed E-state index contributed by atoms with van der Waals surface area (Å²) in [7, 11) is 0. The highest BCUT2D eigenvalue weighted by molar-refractivity contribution is 5.32. The Morgan fingerprint density at radius 3 is 2.65 bits per heavy atom. The van der Waals surface area contributed by atoms with Gasteiger partial charge >= 0.3 is 0 Å². The van der Waals surface area contributed by atoms with Gasteiger partial charge in [0.2, 0.25) is 5.88 Å². The fourth-order valence-corrected chi connectivity index (χ4v) is 1.86. The van der Waals surface area contributed by atoms with Crippen LogP contribution in [-0.4, -0.2) is 16.5 Å². The molecule has 0 aliphatic rings. The van der Waals surface area contributed by atoms with Crippen LogP contribution in [0.5, 0.6) is 11.6 Å². The molecule has 0 bridgehead atoms. The molecule has 2 aromatic heterocycles. The van der Waals surface area contributed by atoms with E-state index in [-0.39, 0.29) is 0 Å². The van der Waals surface area contributed by atoms with Gasteiger partial charge < -0.3 is 10.1 Å². The summed E-state index contributed by atoms with van der Waals surface area (Å²) in [5.74, 6) is 1.35. The van der Waals surface area contributed by atoms with Gasteiger partial charge in [-0.25, -0.2) is 4.98 Å². The predicted octanol–water partition coefficient (Wildman–Crippen LogP) is 3.39. The van der Waals surface area contributed by atoms with Crippen LogP contribution in [0, 0.1) is 13.8 Å². The summed E-state index contributed by atoms with van der Waals surface area (Å²) in [6.45, 7) is 7.97. The number of rotatable bonds is 6. The Bertz CT molecular complexity index is 552. The van der Waals surface area contributed by atoms with E-state index in [0.717, 1.165) is 30.8 Å². The summed E-state index contributed by atoms with van der Waals surface area (Å²) in [6.07, 6.45) is 4.70. The minimum atomic E-state index is 0.634. The maximum absolute atomic E-state index is 5.75. The Morgan fingerprint density at radius 1 is 1.15 bits per heavy atom. The molecule has 0 amide bonds. The van der Waals surface area contributed by atoms with E-state index >= 15 is 0 Å². The zero-order valence-corrected chi connectivity index (χ0v) is 12.3. The molecule has 20 heavy (non-hydrogen) atoms. The number of aryl methyl sites for hydroxylation is 2. The minimum Gasteiger partial charge on any atom is -0.437 e. The van der Waals surface area contributed by atoms with E-state index < -0.39 is 0 Å². The third-order valence-corrected chi connectivity index (χ3v) is 2.94. The lowest BCUT2D eigenvalue weighted by atomic mass is 10.2. The van der Waals surface area contributed by atoms with Gasteiger partial charge in [0.25, 0.3) is 0 Å². The maximum Gasteiger partial charge on any atom is 0.222 e. The van der Waals surface area contributed by atoms with E-state index in [2.05, 4.69) is 28.3 Å². The first-order chi connectivity index (χ1) is 9.69. The molecule has 0 saturated heterocycles. The molecule has 0 aromatic carbocycles. The van der Waals surface area contributed by atoms with Crippen LogP contribution < -0.4 is 10.1 Å². The van der Waals surface area contributed by atoms with E-state index in [4.69, 9.17) is 4.74 Å². The van der Waals surface area contributed by atoms with Crippen LogP contribution in [0.25, 0.3) is 0 Å². The number of nitrogens with zero attached hydrogens (tertiary/aromatic N) is 2. The van der Waals surface area contributed by atoms with Crippen LogP contribution in [0.15, 0.2) is 30.6 Å². The zero-order valence-electron chi connectivity index (χ0n) is 12.3. The van der Waals surface area contributed by atoms with Crippen LogP contribution in [0.3, 0.4) is 0 Å². The van der Waals surface area contributed by atoms with Gasteiger partial charge in [0.05, 0.1) is 6.20 Å². The molecule has 0 saturated carbocycles. The molecule has 2 aromatic rings. The summed E-state index contributed by atoms with van der Waals surface area (Å²) in [5, 5.41) is 3.36. The van der Waals surface area contributed by atoms with Gasteiger partial charge in [0.1, 0.15) is 5.75 Å². The van der Waals surface area contributed by atoms with Crippen molar-refractivity contribution in [2.75, 3.05) is 6.54 Å². The normalized spacial score (nSPS) is 10.6. The van der Waals surface area contributed by atoms with E-state index in [0.29, 0.717) is 11.6 Å². The van der Waals surface area contributed by atoms with Gasteiger partial charge in [-0.2, -0.15) is 0 Å². The van der Waals surface area contributed by atoms with Crippen LogP contribution in [0.2, 0.25) is 0 Å². The lowest BCUT2D eigenvalue weighted by Gasteiger charge is -2.09. The molecule has 106 valence electrons. The van der Waals surface area contributed by atoms with Crippen LogP contribution in [-0.2, 0) is 6.54 Å². The van der Waals surface area contributed by atoms with Crippen molar-refractivity contribution >= 4 is 0 Å². The van der Waals surface area contributed by atoms with Gasteiger partial charge in [-0.15, -0.1) is 0 Å². The molecule has 2 rings (SSSR count). The molecule has 4 nitrogen and oxygen atoms in total. The second-order valence-electron chi connectivity index (χ2n) is 4.88. The standard InChI is InChI=1S/C16H21N3O/c1-4-7-17-9-14-8-12(2)16(19-10-14)20-15-6-5-13(3)18-11-15/h5-6,8,10-11,17H,4,7,9H2,1-3H3. The predicted molar refractivity (Wildman–Crippen MR) is 80.0 cm³/mol. The largest absolute Gasteiger partial charge is 0.437 e. The topological polar surface area (TPSA) is 47.0 Å². The van der Waals surface area contributed by atoms with Crippen molar-refractivity contribution in [1.82, 2.24) is 15.3 Å². The fourth-order valence-electron chi connectivity index (χ4n) is 1.86. The summed E-state index contributed by atoms with van der Waals surface area (Å²) in [5.41, 5.74) is 3.17. The van der Waals surface area contributed by atoms with Gasteiger partial charge in [0, 0.05) is 24.0 Å². The van der Waals surface area contributed by atoms with Gasteiger partial charge in [0.15, 0.2) is 0 Å². The van der Waals surface area contributed by atoms with Crippen molar-refractivity contribution in [3.63, 3.8) is 0 Å². The van der Waals surface area contributed by atoms with Gasteiger partial charge in [-0.3, -0.25) is 4.98 Å². The summed E-state index contributed by atoms with van der Waals surface area (Å²) >= 11 is 0. The third kappa shape index (κ3) is 4.03. The van der Waals surface area contributed by atoms with E-state index in [9.17, 15) is 0 Å². The Balaban J connectivity index is 2.03. The summed E-state index contributed by atoms with van der Waals surface area (Å²) in [4.78, 5) is 8.59. The molecule has 0 radical (unpaired) electrons. The molecular weight excluding hydrogens is 250 g/mol. The highest BCUT2D eigenvalue weighted by Gasteiger charge is 2.05. The van der Waals surface area contributed by atoms with Crippen molar-refractivity contribution < 1.29 is 4.74 Å². The SMILES string of the molecule is CCCNCc1cnc(Oc2ccc(C)nc2)c(C)c1. The highest BCUT2D eigenvalue weighted by atomic mass is 16.5. The molecule has 2 heterocycles. The van der Waals surface area contributed by atoms with Gasteiger partial charge in [-0.1, -0.05) is 6.92 Å². The number of hydrogen-bond donors (Lipinski definition) is 1. The zero-order chi connectivity index (χ0) is 14.4. The molecule has 1 N–H and O–H groups in total. The van der Waals surface area contributed by atoms with E-state index in [1.54, 1.807) is 6.20 Å². The van der Waals surface area contributed by atoms with Crippen molar-refractivity contribution in [3.05, 3.63) is 47.4 Å². The van der Waals surface area contributed by atoms with E-state index in [1.165, 1.54) is 5.56 Å². The molecule has 0 aliphatic heterocycles. The van der Waals surface area contributed by atoms with Crippen molar-refractivity contribution in [3.8, 4) is 11.6 Å². The third-order valence-electron chi connectivity index (χ3n) is 2.94. The fraction of sp³-hybridized carbons (Fsp3) is 0.375. The Morgan fingerprint density at radius 2 is 2.00 bits per heavy atom. The lowest BCUT2D eigenvalue weighted by molar-refractivity contribution is 0.456. The molecule has 0 fully saturated rings. The van der Waals surface area contributed by atoms with Gasteiger partial charge in [-0.05, 0) is 50.6 Å². The molecule has 0 unspecified atom stereocenters. The first-order valence-electron chi connectivity index (χ1n) is 6.96. The summed E-state index contributed by atoms with van der Waals surface area (Å²) < 4.78 is 5.75. The molecule has 0 aliphatic carbocycles. The Labute approximate surface area is 120 Å². The average molecular weight is 271 g/mol. The maximum atomic E-state index is 5.75. The minimum absolute atomic E-state index is 0.634. The smallest absolute Gasteiger partial charge is 0.222 e.